The molecular formula is C19H30N2O4S. The lowest BCUT2D eigenvalue weighted by atomic mass is 9.87. The van der Waals surface area contributed by atoms with Crippen molar-refractivity contribution < 1.29 is 17.9 Å². The van der Waals surface area contributed by atoms with Crippen LogP contribution in [0.25, 0.3) is 0 Å². The first-order valence-electron chi connectivity index (χ1n) is 9.01. The summed E-state index contributed by atoms with van der Waals surface area (Å²) in [5.74, 6) is 0.827. The summed E-state index contributed by atoms with van der Waals surface area (Å²) in [6.45, 7) is 8.04. The average molecular weight is 383 g/mol. The highest BCUT2D eigenvalue weighted by atomic mass is 32.2. The van der Waals surface area contributed by atoms with Crippen LogP contribution in [0.3, 0.4) is 0 Å². The van der Waals surface area contributed by atoms with E-state index in [1.807, 2.05) is 24.3 Å². The van der Waals surface area contributed by atoms with Crippen LogP contribution in [0, 0.1) is 5.92 Å². The number of sulfonamides is 1. The number of amides is 1. The number of hydrogen-bond acceptors (Lipinski definition) is 4. The number of nitrogens with zero attached hydrogens (tertiary/aromatic N) is 1. The lowest BCUT2D eigenvalue weighted by Crippen LogP contribution is -2.41. The van der Waals surface area contributed by atoms with Gasteiger partial charge in [0.2, 0.25) is 10.0 Å². The van der Waals surface area contributed by atoms with Gasteiger partial charge in [-0.15, -0.1) is 0 Å². The summed E-state index contributed by atoms with van der Waals surface area (Å²) in [4.78, 5) is 12.0. The van der Waals surface area contributed by atoms with E-state index in [2.05, 4.69) is 26.1 Å². The molecule has 1 saturated heterocycles. The van der Waals surface area contributed by atoms with Gasteiger partial charge in [-0.1, -0.05) is 32.9 Å². The zero-order valence-electron chi connectivity index (χ0n) is 16.1. The summed E-state index contributed by atoms with van der Waals surface area (Å²) in [5.41, 5.74) is 1.30. The van der Waals surface area contributed by atoms with Gasteiger partial charge in [0.15, 0.2) is 6.61 Å². The van der Waals surface area contributed by atoms with Gasteiger partial charge < -0.3 is 10.1 Å². The molecule has 1 aliphatic rings. The van der Waals surface area contributed by atoms with Crippen LogP contribution in [0.4, 0.5) is 0 Å². The summed E-state index contributed by atoms with van der Waals surface area (Å²) in [7, 11) is -3.11. The van der Waals surface area contributed by atoms with E-state index in [9.17, 15) is 13.2 Å². The van der Waals surface area contributed by atoms with Crippen LogP contribution in [0.1, 0.15) is 39.2 Å². The summed E-state index contributed by atoms with van der Waals surface area (Å²) in [6, 6.07) is 7.80. The second-order valence-electron chi connectivity index (χ2n) is 7.97. The molecular weight excluding hydrogens is 352 g/mol. The molecule has 0 bridgehead atoms. The van der Waals surface area contributed by atoms with Gasteiger partial charge >= 0.3 is 0 Å². The Labute approximate surface area is 157 Å². The van der Waals surface area contributed by atoms with E-state index in [1.54, 1.807) is 0 Å². The molecule has 1 amide bonds. The molecule has 1 fully saturated rings. The molecule has 0 saturated carbocycles. The Kier molecular flexibility index (Phi) is 6.69. The van der Waals surface area contributed by atoms with Gasteiger partial charge in [-0.2, -0.15) is 0 Å². The third-order valence-corrected chi connectivity index (χ3v) is 6.02. The minimum absolute atomic E-state index is 0.0168. The molecule has 0 unspecified atom stereocenters. The van der Waals surface area contributed by atoms with E-state index < -0.39 is 10.0 Å². The van der Waals surface area contributed by atoms with E-state index in [0.29, 0.717) is 31.3 Å². The van der Waals surface area contributed by atoms with E-state index in [1.165, 1.54) is 16.1 Å². The summed E-state index contributed by atoms with van der Waals surface area (Å²) < 4.78 is 30.0. The van der Waals surface area contributed by atoms with Gasteiger partial charge in [-0.05, 0) is 41.9 Å². The molecule has 6 nitrogen and oxygen atoms in total. The van der Waals surface area contributed by atoms with Crippen molar-refractivity contribution in [1.29, 1.82) is 0 Å². The first-order valence-corrected chi connectivity index (χ1v) is 10.9. The number of rotatable bonds is 6. The molecule has 1 aromatic rings. The highest BCUT2D eigenvalue weighted by molar-refractivity contribution is 7.88. The van der Waals surface area contributed by atoms with Gasteiger partial charge in [0.1, 0.15) is 5.75 Å². The van der Waals surface area contributed by atoms with Crippen molar-refractivity contribution in [2.24, 2.45) is 5.92 Å². The summed E-state index contributed by atoms with van der Waals surface area (Å²) in [5, 5.41) is 2.88. The Balaban J connectivity index is 1.70. The first kappa shape index (κ1) is 20.7. The minimum atomic E-state index is -3.11. The maximum atomic E-state index is 12.0. The zero-order chi connectivity index (χ0) is 19.4. The van der Waals surface area contributed by atoms with Crippen LogP contribution in [-0.4, -0.2) is 51.1 Å². The van der Waals surface area contributed by atoms with E-state index in [4.69, 9.17) is 4.74 Å². The van der Waals surface area contributed by atoms with Crippen LogP contribution in [0.2, 0.25) is 0 Å². The van der Waals surface area contributed by atoms with E-state index in [-0.39, 0.29) is 17.9 Å². The SMILES string of the molecule is CC(C)(C)c1ccc(OCC(=O)NCC2CCN(S(C)(=O)=O)CC2)cc1. The van der Waals surface area contributed by atoms with Gasteiger partial charge in [0.25, 0.3) is 5.91 Å². The minimum Gasteiger partial charge on any atom is -0.484 e. The quantitative estimate of drug-likeness (QED) is 0.818. The topological polar surface area (TPSA) is 75.7 Å². The van der Waals surface area contributed by atoms with Gasteiger partial charge in [0.05, 0.1) is 6.26 Å². The number of carbonyl (C=O) groups excluding carboxylic acids is 1. The summed E-state index contributed by atoms with van der Waals surface area (Å²) in [6.07, 6.45) is 2.77. The number of nitrogens with one attached hydrogen (secondary N) is 1. The average Bonchev–Trinajstić information content (AvgIpc) is 2.57. The normalized spacial score (nSPS) is 17.1. The van der Waals surface area contributed by atoms with Crippen LogP contribution in [0.5, 0.6) is 5.75 Å². The molecule has 1 aliphatic heterocycles. The lowest BCUT2D eigenvalue weighted by Gasteiger charge is -2.30. The molecule has 1 aromatic carbocycles. The number of ether oxygens (including phenoxy) is 1. The largest absolute Gasteiger partial charge is 0.484 e. The zero-order valence-corrected chi connectivity index (χ0v) is 16.9. The van der Waals surface area contributed by atoms with Gasteiger partial charge in [0, 0.05) is 19.6 Å². The highest BCUT2D eigenvalue weighted by Gasteiger charge is 2.25. The fourth-order valence-corrected chi connectivity index (χ4v) is 3.83. The van der Waals surface area contributed by atoms with Crippen molar-refractivity contribution in [3.05, 3.63) is 29.8 Å². The molecule has 0 atom stereocenters. The molecule has 0 radical (unpaired) electrons. The van der Waals surface area contributed by atoms with Crippen molar-refractivity contribution in [1.82, 2.24) is 9.62 Å². The number of benzene rings is 1. The molecule has 1 N–H and O–H groups in total. The smallest absolute Gasteiger partial charge is 0.257 e. The van der Waals surface area contributed by atoms with Crippen LogP contribution >= 0.6 is 0 Å². The molecule has 0 aromatic heterocycles. The maximum absolute atomic E-state index is 12.0. The van der Waals surface area contributed by atoms with Crippen molar-refractivity contribution in [3.63, 3.8) is 0 Å². The van der Waals surface area contributed by atoms with E-state index in [0.717, 1.165) is 12.8 Å². The van der Waals surface area contributed by atoms with E-state index >= 15 is 0 Å². The molecule has 7 heteroatoms. The molecule has 146 valence electrons. The van der Waals surface area contributed by atoms with Gasteiger partial charge in [-0.3, -0.25) is 4.79 Å². The third-order valence-electron chi connectivity index (χ3n) is 4.72. The van der Waals surface area contributed by atoms with Crippen molar-refractivity contribution in [2.75, 3.05) is 32.5 Å². The number of hydrogen-bond donors (Lipinski definition) is 1. The van der Waals surface area contributed by atoms with Crippen molar-refractivity contribution in [2.45, 2.75) is 39.0 Å². The highest BCUT2D eigenvalue weighted by Crippen LogP contribution is 2.24. The summed E-state index contributed by atoms with van der Waals surface area (Å²) >= 11 is 0. The van der Waals surface area contributed by atoms with Crippen LogP contribution in [-0.2, 0) is 20.2 Å². The fourth-order valence-electron chi connectivity index (χ4n) is 2.95. The second-order valence-corrected chi connectivity index (χ2v) is 9.95. The Morgan fingerprint density at radius 3 is 2.27 bits per heavy atom. The monoisotopic (exact) mass is 382 g/mol. The van der Waals surface area contributed by atoms with Crippen LogP contribution < -0.4 is 10.1 Å². The predicted octanol–water partition coefficient (Wildman–Crippen LogP) is 2.15. The van der Waals surface area contributed by atoms with Gasteiger partial charge in [-0.25, -0.2) is 12.7 Å². The lowest BCUT2D eigenvalue weighted by molar-refractivity contribution is -0.123. The Bertz CT molecular complexity index is 700. The van der Waals surface area contributed by atoms with Crippen molar-refractivity contribution >= 4 is 15.9 Å². The third kappa shape index (κ3) is 6.29. The Morgan fingerprint density at radius 2 is 1.77 bits per heavy atom. The molecule has 2 rings (SSSR count). The first-order chi connectivity index (χ1) is 12.1. The Morgan fingerprint density at radius 1 is 1.19 bits per heavy atom. The molecule has 0 aliphatic carbocycles. The standard InChI is InChI=1S/C19H30N2O4S/c1-19(2,3)16-5-7-17(8-6-16)25-14-18(22)20-13-15-9-11-21(12-10-15)26(4,23)24/h5-8,15H,9-14H2,1-4H3,(H,20,22). The van der Waals surface area contributed by atoms with Crippen molar-refractivity contribution in [3.8, 4) is 5.75 Å². The predicted molar refractivity (Wildman–Crippen MR) is 103 cm³/mol. The molecule has 26 heavy (non-hydrogen) atoms. The molecule has 0 spiro atoms. The second kappa shape index (κ2) is 8.39. The fraction of sp³-hybridized carbons (Fsp3) is 0.632. The maximum Gasteiger partial charge on any atom is 0.257 e. The Hall–Kier alpha value is -1.60. The number of carbonyl (C=O) groups is 1. The van der Waals surface area contributed by atoms with Crippen LogP contribution in [0.15, 0.2) is 24.3 Å². The number of piperidine rings is 1. The molecule has 1 heterocycles.